The van der Waals surface area contributed by atoms with Crippen molar-refractivity contribution in [2.75, 3.05) is 0 Å². The van der Waals surface area contributed by atoms with Gasteiger partial charge >= 0.3 is 0 Å². The SMILES string of the molecule is C.C.C.NO. The molecule has 0 aromatic rings. The fourth-order valence-corrected chi connectivity index (χ4v) is 0. The molecule has 0 aliphatic heterocycles. The van der Waals surface area contributed by atoms with Crippen molar-refractivity contribution < 1.29 is 5.21 Å². The molecule has 38 valence electrons. The van der Waals surface area contributed by atoms with E-state index in [1.54, 1.807) is 0 Å². The van der Waals surface area contributed by atoms with Crippen LogP contribution in [0.2, 0.25) is 0 Å². The predicted octanol–water partition coefficient (Wildman–Crippen LogP) is 1.24. The average Bonchev–Trinajstić information content (AvgIpc) is 1.00. The first-order valence-electron chi connectivity index (χ1n) is 0.258. The summed E-state index contributed by atoms with van der Waals surface area (Å²) in [5, 5.41) is 6.50. The molecule has 0 rings (SSSR count). The molecule has 0 saturated carbocycles. The van der Waals surface area contributed by atoms with Crippen LogP contribution in [0.1, 0.15) is 22.3 Å². The van der Waals surface area contributed by atoms with Crippen molar-refractivity contribution in [3.8, 4) is 0 Å². The molecule has 0 spiro atoms. The van der Waals surface area contributed by atoms with Crippen molar-refractivity contribution in [3.05, 3.63) is 0 Å². The van der Waals surface area contributed by atoms with Gasteiger partial charge in [-0.3, -0.25) is 0 Å². The lowest BCUT2D eigenvalue weighted by atomic mass is 12.0. The molecule has 0 bridgehead atoms. The Kier molecular flexibility index (Phi) is 93300. The molecule has 0 fully saturated rings. The molecule has 0 amide bonds. The van der Waals surface area contributed by atoms with Gasteiger partial charge in [-0.15, -0.1) is 0 Å². The first-order valence-corrected chi connectivity index (χ1v) is 0.258. The van der Waals surface area contributed by atoms with E-state index in [9.17, 15) is 0 Å². The van der Waals surface area contributed by atoms with Gasteiger partial charge in [0.05, 0.1) is 0 Å². The van der Waals surface area contributed by atoms with Crippen LogP contribution in [-0.4, -0.2) is 5.21 Å². The number of hydrogen-bond donors (Lipinski definition) is 2. The predicted molar refractivity (Wildman–Crippen MR) is 26.2 cm³/mol. The van der Waals surface area contributed by atoms with Crippen LogP contribution in [0.25, 0.3) is 0 Å². The van der Waals surface area contributed by atoms with Gasteiger partial charge in [0.15, 0.2) is 0 Å². The molecular weight excluding hydrogens is 66.0 g/mol. The zero-order chi connectivity index (χ0) is 2.00. The lowest BCUT2D eigenvalue weighted by molar-refractivity contribution is 0.311. The summed E-state index contributed by atoms with van der Waals surface area (Å²) in [6, 6.07) is 0. The van der Waals surface area contributed by atoms with Crippen LogP contribution in [0, 0.1) is 0 Å². The normalized spacial score (nSPS) is 1.20. The van der Waals surface area contributed by atoms with Crippen LogP contribution in [0.4, 0.5) is 0 Å². The van der Waals surface area contributed by atoms with Crippen LogP contribution < -0.4 is 5.90 Å². The van der Waals surface area contributed by atoms with Crippen LogP contribution in [-0.2, 0) is 0 Å². The standard InChI is InChI=1S/3CH4.H3NO/c;;;1-2/h3*1H4;2H,1H2. The second-order valence-electron chi connectivity index (χ2n) is 0. The maximum Gasteiger partial charge on any atom is -0.0776 e. The maximum atomic E-state index is 6.50. The lowest BCUT2D eigenvalue weighted by Crippen LogP contribution is -1.72. The third kappa shape index (κ3) is 2260. The van der Waals surface area contributed by atoms with E-state index in [0.717, 1.165) is 0 Å². The molecule has 0 atom stereocenters. The molecule has 0 aromatic heterocycles. The van der Waals surface area contributed by atoms with Crippen LogP contribution in [0.5, 0.6) is 0 Å². The topological polar surface area (TPSA) is 46.2 Å². The molecule has 0 saturated heterocycles. The van der Waals surface area contributed by atoms with E-state index >= 15 is 0 Å². The van der Waals surface area contributed by atoms with Gasteiger partial charge in [-0.25, -0.2) is 5.90 Å². The Morgan fingerprint density at radius 3 is 0.800 bits per heavy atom. The van der Waals surface area contributed by atoms with E-state index in [1.807, 2.05) is 0 Å². The second kappa shape index (κ2) is 5220. The maximum absolute atomic E-state index is 6.50. The Hall–Kier alpha value is -0.0800. The minimum atomic E-state index is 0. The summed E-state index contributed by atoms with van der Waals surface area (Å²) in [4.78, 5) is 0. The van der Waals surface area contributed by atoms with Gasteiger partial charge in [-0.2, -0.15) is 0 Å². The van der Waals surface area contributed by atoms with E-state index in [2.05, 4.69) is 5.90 Å². The summed E-state index contributed by atoms with van der Waals surface area (Å²) in [6.45, 7) is 0. The third-order valence-corrected chi connectivity index (χ3v) is 0. The van der Waals surface area contributed by atoms with E-state index < -0.39 is 0 Å². The summed E-state index contributed by atoms with van der Waals surface area (Å²) in [5.74, 6) is 3.50. The highest BCUT2D eigenvalue weighted by atomic mass is 16.4. The Bertz CT molecular complexity index is 6.85. The van der Waals surface area contributed by atoms with E-state index in [1.165, 1.54) is 0 Å². The summed E-state index contributed by atoms with van der Waals surface area (Å²) in [7, 11) is 0. The van der Waals surface area contributed by atoms with Crippen molar-refractivity contribution in [1.29, 1.82) is 0 Å². The monoisotopic (exact) mass is 81.1 g/mol. The number of nitrogens with two attached hydrogens (primary N) is 1. The van der Waals surface area contributed by atoms with Gasteiger partial charge in [0.1, 0.15) is 0 Å². The average molecular weight is 81.2 g/mol. The van der Waals surface area contributed by atoms with Crippen LogP contribution in [0.15, 0.2) is 0 Å². The van der Waals surface area contributed by atoms with Crippen molar-refractivity contribution in [1.82, 2.24) is 0 Å². The zero-order valence-corrected chi connectivity index (χ0v) is 1.02. The second-order valence-corrected chi connectivity index (χ2v) is 0. The van der Waals surface area contributed by atoms with Gasteiger partial charge in [0, 0.05) is 0 Å². The van der Waals surface area contributed by atoms with E-state index in [4.69, 9.17) is 5.21 Å². The fraction of sp³-hybridized carbons (Fsp3) is 1.00. The van der Waals surface area contributed by atoms with Gasteiger partial charge in [0.2, 0.25) is 0 Å². The summed E-state index contributed by atoms with van der Waals surface area (Å²) >= 11 is 0. The van der Waals surface area contributed by atoms with Crippen molar-refractivity contribution in [2.24, 2.45) is 5.90 Å². The van der Waals surface area contributed by atoms with Crippen molar-refractivity contribution >= 4 is 0 Å². The van der Waals surface area contributed by atoms with Crippen LogP contribution in [0.3, 0.4) is 0 Å². The first-order chi connectivity index (χ1) is 1.00. The molecule has 2 nitrogen and oxygen atoms in total. The molecule has 0 radical (unpaired) electrons. The molecule has 0 aliphatic rings. The van der Waals surface area contributed by atoms with Gasteiger partial charge in [0.25, 0.3) is 0 Å². The van der Waals surface area contributed by atoms with Crippen molar-refractivity contribution in [2.45, 2.75) is 22.3 Å². The highest BCUT2D eigenvalue weighted by Gasteiger charge is 0.732. The Labute approximate surface area is 34.6 Å². The largest absolute Gasteiger partial charge is 0.320 e. The molecule has 0 heterocycles. The minimum Gasteiger partial charge on any atom is -0.320 e. The molecule has 0 aromatic carbocycles. The highest BCUT2D eigenvalue weighted by molar-refractivity contribution is 2.77. The van der Waals surface area contributed by atoms with Gasteiger partial charge in [-0.1, -0.05) is 22.3 Å². The number of hydrogen-bond acceptors (Lipinski definition) is 2. The molecular formula is C3H15NO. The lowest BCUT2D eigenvalue weighted by Gasteiger charge is -1.27. The molecule has 5 heavy (non-hydrogen) atoms. The molecule has 3 N–H and O–H groups in total. The highest BCUT2D eigenvalue weighted by Crippen LogP contribution is 0.410. The third-order valence-electron chi connectivity index (χ3n) is 0. The van der Waals surface area contributed by atoms with Gasteiger partial charge in [-0.05, 0) is 0 Å². The van der Waals surface area contributed by atoms with Crippen molar-refractivity contribution in [3.63, 3.8) is 0 Å². The Balaban J connectivity index is -0.00000000167. The molecule has 2 heteroatoms. The molecule has 0 aliphatic carbocycles. The first kappa shape index (κ1) is 89.3. The summed E-state index contributed by atoms with van der Waals surface area (Å²) in [6.07, 6.45) is 0. The zero-order valence-electron chi connectivity index (χ0n) is 1.02. The minimum absolute atomic E-state index is 0. The summed E-state index contributed by atoms with van der Waals surface area (Å²) < 4.78 is 0. The van der Waals surface area contributed by atoms with Gasteiger partial charge < -0.3 is 5.21 Å². The quantitative estimate of drug-likeness (QED) is 0.431. The Morgan fingerprint density at radius 2 is 0.800 bits per heavy atom. The molecule has 0 unspecified atom stereocenters. The smallest absolute Gasteiger partial charge is 0.0776 e. The summed E-state index contributed by atoms with van der Waals surface area (Å²) in [5.41, 5.74) is 0. The number of rotatable bonds is 0. The van der Waals surface area contributed by atoms with Crippen LogP contribution >= 0.6 is 0 Å². The van der Waals surface area contributed by atoms with E-state index in [0.29, 0.717) is 0 Å². The van der Waals surface area contributed by atoms with E-state index in [-0.39, 0.29) is 22.3 Å². The fourth-order valence-electron chi connectivity index (χ4n) is 0. The Morgan fingerprint density at radius 1 is 0.800 bits per heavy atom.